The number of amides is 3. The van der Waals surface area contributed by atoms with E-state index in [0.717, 1.165) is 5.69 Å². The SMILES string of the molecule is CC(CNC(=O)C1CCN(C(=O)Nc2ccccc2)CC1)c1ccccc1. The van der Waals surface area contributed by atoms with Gasteiger partial charge in [0.2, 0.25) is 5.91 Å². The number of nitrogens with zero attached hydrogens (tertiary/aromatic N) is 1. The second-order valence-corrected chi connectivity index (χ2v) is 7.11. The molecule has 1 unspecified atom stereocenters. The van der Waals surface area contributed by atoms with Crippen LogP contribution in [0.4, 0.5) is 10.5 Å². The highest BCUT2D eigenvalue weighted by atomic mass is 16.2. The first kappa shape index (κ1) is 19.0. The van der Waals surface area contributed by atoms with E-state index in [-0.39, 0.29) is 23.8 Å². The van der Waals surface area contributed by atoms with Gasteiger partial charge in [0.1, 0.15) is 0 Å². The van der Waals surface area contributed by atoms with Crippen LogP contribution in [-0.2, 0) is 4.79 Å². The highest BCUT2D eigenvalue weighted by Crippen LogP contribution is 2.19. The number of para-hydroxylation sites is 1. The van der Waals surface area contributed by atoms with Crippen LogP contribution in [0.3, 0.4) is 0 Å². The van der Waals surface area contributed by atoms with E-state index in [1.807, 2.05) is 48.5 Å². The molecule has 0 aliphatic carbocycles. The van der Waals surface area contributed by atoms with Gasteiger partial charge in [0.15, 0.2) is 0 Å². The molecule has 1 aliphatic heterocycles. The van der Waals surface area contributed by atoms with Crippen LogP contribution in [-0.4, -0.2) is 36.5 Å². The van der Waals surface area contributed by atoms with Gasteiger partial charge in [-0.15, -0.1) is 0 Å². The van der Waals surface area contributed by atoms with Crippen LogP contribution in [0.2, 0.25) is 0 Å². The van der Waals surface area contributed by atoms with Crippen LogP contribution >= 0.6 is 0 Å². The quantitative estimate of drug-likeness (QED) is 0.845. The Morgan fingerprint density at radius 1 is 1.00 bits per heavy atom. The zero-order chi connectivity index (χ0) is 19.1. The van der Waals surface area contributed by atoms with Crippen LogP contribution in [0, 0.1) is 5.92 Å². The number of carbonyl (C=O) groups excluding carboxylic acids is 2. The van der Waals surface area contributed by atoms with E-state index >= 15 is 0 Å². The fourth-order valence-corrected chi connectivity index (χ4v) is 3.37. The second-order valence-electron chi connectivity index (χ2n) is 7.11. The molecular weight excluding hydrogens is 338 g/mol. The molecule has 5 heteroatoms. The molecule has 1 aliphatic rings. The third-order valence-electron chi connectivity index (χ3n) is 5.13. The van der Waals surface area contributed by atoms with Gasteiger partial charge in [0.25, 0.3) is 0 Å². The maximum absolute atomic E-state index is 12.5. The predicted molar refractivity (Wildman–Crippen MR) is 108 cm³/mol. The van der Waals surface area contributed by atoms with E-state index in [2.05, 4.69) is 29.7 Å². The topological polar surface area (TPSA) is 61.4 Å². The standard InChI is InChI=1S/C22H27N3O2/c1-17(18-8-4-2-5-9-18)16-23-21(26)19-12-14-25(15-13-19)22(27)24-20-10-6-3-7-11-20/h2-11,17,19H,12-16H2,1H3,(H,23,26)(H,24,27). The number of rotatable bonds is 5. The molecule has 3 rings (SSSR count). The minimum Gasteiger partial charge on any atom is -0.355 e. The molecule has 0 saturated carbocycles. The largest absolute Gasteiger partial charge is 0.355 e. The van der Waals surface area contributed by atoms with Crippen molar-refractivity contribution in [3.8, 4) is 0 Å². The molecule has 0 bridgehead atoms. The summed E-state index contributed by atoms with van der Waals surface area (Å²) in [5.41, 5.74) is 2.02. The van der Waals surface area contributed by atoms with Crippen LogP contribution < -0.4 is 10.6 Å². The Morgan fingerprint density at radius 3 is 2.22 bits per heavy atom. The minimum atomic E-state index is -0.0993. The molecule has 0 radical (unpaired) electrons. The van der Waals surface area contributed by atoms with E-state index in [1.165, 1.54) is 5.56 Å². The van der Waals surface area contributed by atoms with Crippen LogP contribution in [0.5, 0.6) is 0 Å². The molecule has 2 N–H and O–H groups in total. The number of carbonyl (C=O) groups is 2. The molecule has 142 valence electrons. The summed E-state index contributed by atoms with van der Waals surface area (Å²) >= 11 is 0. The molecule has 1 heterocycles. The molecule has 1 atom stereocenters. The Morgan fingerprint density at radius 2 is 1.59 bits per heavy atom. The van der Waals surface area contributed by atoms with Crippen molar-refractivity contribution in [3.63, 3.8) is 0 Å². The molecule has 2 aromatic rings. The fraction of sp³-hybridized carbons (Fsp3) is 0.364. The normalized spacial score (nSPS) is 15.8. The molecule has 3 amide bonds. The van der Waals surface area contributed by atoms with E-state index in [1.54, 1.807) is 4.90 Å². The highest BCUT2D eigenvalue weighted by molar-refractivity contribution is 5.89. The Bertz CT molecular complexity index is 741. The summed E-state index contributed by atoms with van der Waals surface area (Å²) < 4.78 is 0. The van der Waals surface area contributed by atoms with Crippen molar-refractivity contribution in [1.82, 2.24) is 10.2 Å². The van der Waals surface area contributed by atoms with Gasteiger partial charge in [-0.05, 0) is 36.5 Å². The summed E-state index contributed by atoms with van der Waals surface area (Å²) in [6.45, 7) is 3.96. The third kappa shape index (κ3) is 5.33. The van der Waals surface area contributed by atoms with Crippen molar-refractivity contribution in [3.05, 3.63) is 66.2 Å². The predicted octanol–water partition coefficient (Wildman–Crippen LogP) is 3.85. The lowest BCUT2D eigenvalue weighted by Crippen LogP contribution is -2.45. The van der Waals surface area contributed by atoms with Gasteiger partial charge in [-0.25, -0.2) is 4.79 Å². The average molecular weight is 365 g/mol. The van der Waals surface area contributed by atoms with Crippen molar-refractivity contribution in [2.24, 2.45) is 5.92 Å². The maximum Gasteiger partial charge on any atom is 0.321 e. The van der Waals surface area contributed by atoms with Crippen molar-refractivity contribution in [1.29, 1.82) is 0 Å². The van der Waals surface area contributed by atoms with Gasteiger partial charge in [-0.1, -0.05) is 55.5 Å². The number of nitrogens with one attached hydrogen (secondary N) is 2. The first-order valence-corrected chi connectivity index (χ1v) is 9.57. The van der Waals surface area contributed by atoms with Gasteiger partial charge in [-0.3, -0.25) is 4.79 Å². The number of hydrogen-bond acceptors (Lipinski definition) is 2. The van der Waals surface area contributed by atoms with Gasteiger partial charge in [0, 0.05) is 31.2 Å². The van der Waals surface area contributed by atoms with Crippen molar-refractivity contribution in [2.45, 2.75) is 25.7 Å². The molecule has 1 fully saturated rings. The summed E-state index contributed by atoms with van der Waals surface area (Å²) in [4.78, 5) is 26.6. The van der Waals surface area contributed by atoms with E-state index in [4.69, 9.17) is 0 Å². The number of likely N-dealkylation sites (tertiary alicyclic amines) is 1. The number of piperidine rings is 1. The van der Waals surface area contributed by atoms with Gasteiger partial charge >= 0.3 is 6.03 Å². The van der Waals surface area contributed by atoms with Crippen LogP contribution in [0.25, 0.3) is 0 Å². The lowest BCUT2D eigenvalue weighted by atomic mass is 9.95. The van der Waals surface area contributed by atoms with E-state index < -0.39 is 0 Å². The zero-order valence-electron chi connectivity index (χ0n) is 15.7. The minimum absolute atomic E-state index is 0.0197. The van der Waals surface area contributed by atoms with Gasteiger partial charge in [-0.2, -0.15) is 0 Å². The Hall–Kier alpha value is -2.82. The number of hydrogen-bond donors (Lipinski definition) is 2. The third-order valence-corrected chi connectivity index (χ3v) is 5.13. The van der Waals surface area contributed by atoms with Gasteiger partial charge < -0.3 is 15.5 Å². The smallest absolute Gasteiger partial charge is 0.321 e. The van der Waals surface area contributed by atoms with Crippen LogP contribution in [0.1, 0.15) is 31.2 Å². The van der Waals surface area contributed by atoms with Crippen molar-refractivity contribution >= 4 is 17.6 Å². The Labute approximate surface area is 160 Å². The monoisotopic (exact) mass is 365 g/mol. The average Bonchev–Trinajstić information content (AvgIpc) is 2.73. The highest BCUT2D eigenvalue weighted by Gasteiger charge is 2.27. The second kappa shape index (κ2) is 9.21. The molecule has 1 saturated heterocycles. The summed E-state index contributed by atoms with van der Waals surface area (Å²) in [6, 6.07) is 19.5. The zero-order valence-corrected chi connectivity index (χ0v) is 15.7. The van der Waals surface area contributed by atoms with Gasteiger partial charge in [0.05, 0.1) is 0 Å². The lowest BCUT2D eigenvalue weighted by molar-refractivity contribution is -0.126. The number of anilines is 1. The molecular formula is C22H27N3O2. The first-order chi connectivity index (χ1) is 13.1. The molecule has 0 aromatic heterocycles. The molecule has 27 heavy (non-hydrogen) atoms. The van der Waals surface area contributed by atoms with E-state index in [0.29, 0.717) is 32.5 Å². The molecule has 2 aromatic carbocycles. The summed E-state index contributed by atoms with van der Waals surface area (Å²) in [5.74, 6) is 0.363. The number of benzene rings is 2. The maximum atomic E-state index is 12.5. The fourth-order valence-electron chi connectivity index (χ4n) is 3.37. The molecule has 5 nitrogen and oxygen atoms in total. The van der Waals surface area contributed by atoms with E-state index in [9.17, 15) is 9.59 Å². The summed E-state index contributed by atoms with van der Waals surface area (Å²) in [5, 5.41) is 5.98. The Kier molecular flexibility index (Phi) is 6.47. The number of urea groups is 1. The Balaban J connectivity index is 1.42. The first-order valence-electron chi connectivity index (χ1n) is 9.57. The lowest BCUT2D eigenvalue weighted by Gasteiger charge is -2.31. The summed E-state index contributed by atoms with van der Waals surface area (Å²) in [6.07, 6.45) is 1.40. The van der Waals surface area contributed by atoms with Crippen molar-refractivity contribution in [2.75, 3.05) is 25.0 Å². The van der Waals surface area contributed by atoms with Crippen molar-refractivity contribution < 1.29 is 9.59 Å². The van der Waals surface area contributed by atoms with Crippen LogP contribution in [0.15, 0.2) is 60.7 Å². The summed E-state index contributed by atoms with van der Waals surface area (Å²) in [7, 11) is 0. The molecule has 0 spiro atoms.